The molecule has 1 amide bonds. The molecule has 2 N–H and O–H groups in total. The average Bonchev–Trinajstić information content (AvgIpc) is 2.63. The van der Waals surface area contributed by atoms with Crippen molar-refractivity contribution < 1.29 is 9.90 Å². The molecule has 2 aromatic carbocycles. The molecule has 4 nitrogen and oxygen atoms in total. The molecule has 1 aliphatic heterocycles. The van der Waals surface area contributed by atoms with Crippen molar-refractivity contribution in [3.63, 3.8) is 0 Å². The number of amides is 1. The molecule has 0 bridgehead atoms. The van der Waals surface area contributed by atoms with Gasteiger partial charge in [0.25, 0.3) is 0 Å². The van der Waals surface area contributed by atoms with Crippen LogP contribution in [0, 0.1) is 0 Å². The maximum absolute atomic E-state index is 12.7. The highest BCUT2D eigenvalue weighted by molar-refractivity contribution is 6.30. The molecule has 0 spiro atoms. The SMILES string of the molecule is O=C(CC(c1ccccc1)c1cc(Cl)ccc1O)N1CCNCC1. The maximum Gasteiger partial charge on any atom is 0.223 e. The average molecular weight is 345 g/mol. The Hall–Kier alpha value is -2.04. The van der Waals surface area contributed by atoms with E-state index in [9.17, 15) is 9.90 Å². The molecule has 1 fully saturated rings. The molecule has 1 unspecified atom stereocenters. The number of benzene rings is 2. The normalized spacial score (nSPS) is 16.0. The van der Waals surface area contributed by atoms with Crippen molar-refractivity contribution in [3.05, 3.63) is 64.7 Å². The van der Waals surface area contributed by atoms with E-state index in [-0.39, 0.29) is 17.6 Å². The van der Waals surface area contributed by atoms with Gasteiger partial charge >= 0.3 is 0 Å². The summed E-state index contributed by atoms with van der Waals surface area (Å²) in [5.41, 5.74) is 1.69. The van der Waals surface area contributed by atoms with Gasteiger partial charge in [-0.05, 0) is 23.8 Å². The van der Waals surface area contributed by atoms with Gasteiger partial charge in [0.2, 0.25) is 5.91 Å². The summed E-state index contributed by atoms with van der Waals surface area (Å²) in [6.45, 7) is 3.10. The summed E-state index contributed by atoms with van der Waals surface area (Å²) in [5, 5.41) is 14.1. The lowest BCUT2D eigenvalue weighted by atomic mass is 9.87. The highest BCUT2D eigenvalue weighted by Crippen LogP contribution is 2.36. The number of rotatable bonds is 4. The first-order chi connectivity index (χ1) is 11.6. The second-order valence-corrected chi connectivity index (χ2v) is 6.44. The highest BCUT2D eigenvalue weighted by Gasteiger charge is 2.25. The predicted octanol–water partition coefficient (Wildman–Crippen LogP) is 3.00. The van der Waals surface area contributed by atoms with Crippen LogP contribution in [0.1, 0.15) is 23.5 Å². The van der Waals surface area contributed by atoms with Crippen molar-refractivity contribution in [2.24, 2.45) is 0 Å². The van der Waals surface area contributed by atoms with Crippen LogP contribution in [-0.4, -0.2) is 42.1 Å². The monoisotopic (exact) mass is 344 g/mol. The van der Waals surface area contributed by atoms with E-state index >= 15 is 0 Å². The smallest absolute Gasteiger partial charge is 0.223 e. The molecule has 1 heterocycles. The Morgan fingerprint density at radius 2 is 1.88 bits per heavy atom. The largest absolute Gasteiger partial charge is 0.508 e. The van der Waals surface area contributed by atoms with Crippen LogP contribution in [-0.2, 0) is 4.79 Å². The molecule has 1 aliphatic rings. The number of halogens is 1. The fourth-order valence-electron chi connectivity index (χ4n) is 3.12. The van der Waals surface area contributed by atoms with E-state index in [1.165, 1.54) is 0 Å². The van der Waals surface area contributed by atoms with E-state index in [0.717, 1.165) is 31.7 Å². The van der Waals surface area contributed by atoms with Crippen LogP contribution in [0.3, 0.4) is 0 Å². The molecular weight excluding hydrogens is 324 g/mol. The number of carbonyl (C=O) groups excluding carboxylic acids is 1. The lowest BCUT2D eigenvalue weighted by Gasteiger charge is -2.29. The Labute approximate surface area is 147 Å². The highest BCUT2D eigenvalue weighted by atomic mass is 35.5. The van der Waals surface area contributed by atoms with Gasteiger partial charge in [0.1, 0.15) is 5.75 Å². The molecule has 0 radical (unpaired) electrons. The summed E-state index contributed by atoms with van der Waals surface area (Å²) < 4.78 is 0. The molecule has 0 saturated carbocycles. The van der Waals surface area contributed by atoms with Crippen molar-refractivity contribution in [3.8, 4) is 5.75 Å². The summed E-state index contributed by atoms with van der Waals surface area (Å²) in [6.07, 6.45) is 0.317. The van der Waals surface area contributed by atoms with Crippen LogP contribution in [0.4, 0.5) is 0 Å². The Morgan fingerprint density at radius 3 is 2.58 bits per heavy atom. The molecule has 1 atom stereocenters. The molecule has 126 valence electrons. The third-order valence-corrected chi connectivity index (χ3v) is 4.65. The molecule has 0 aromatic heterocycles. The van der Waals surface area contributed by atoms with Gasteiger partial charge in [-0.1, -0.05) is 41.9 Å². The van der Waals surface area contributed by atoms with Gasteiger partial charge in [0.15, 0.2) is 0 Å². The standard InChI is InChI=1S/C19H21ClN2O2/c20-15-6-7-18(23)17(12-15)16(14-4-2-1-3-5-14)13-19(24)22-10-8-21-9-11-22/h1-7,12,16,21,23H,8-11,13H2. The van der Waals surface area contributed by atoms with Gasteiger partial charge in [-0.2, -0.15) is 0 Å². The molecule has 1 saturated heterocycles. The maximum atomic E-state index is 12.7. The van der Waals surface area contributed by atoms with Gasteiger partial charge in [-0.25, -0.2) is 0 Å². The van der Waals surface area contributed by atoms with Crippen LogP contribution >= 0.6 is 11.6 Å². The second kappa shape index (κ2) is 7.69. The first kappa shape index (κ1) is 16.8. The number of piperazine rings is 1. The van der Waals surface area contributed by atoms with E-state index in [1.807, 2.05) is 35.2 Å². The summed E-state index contributed by atoms with van der Waals surface area (Å²) >= 11 is 6.12. The molecule has 2 aromatic rings. The Morgan fingerprint density at radius 1 is 1.17 bits per heavy atom. The zero-order valence-corrected chi connectivity index (χ0v) is 14.2. The first-order valence-electron chi connectivity index (χ1n) is 8.17. The lowest BCUT2D eigenvalue weighted by molar-refractivity contribution is -0.132. The van der Waals surface area contributed by atoms with Crippen LogP contribution in [0.2, 0.25) is 5.02 Å². The van der Waals surface area contributed by atoms with Gasteiger partial charge in [0.05, 0.1) is 0 Å². The third kappa shape index (κ3) is 3.89. The van der Waals surface area contributed by atoms with Crippen molar-refractivity contribution in [2.45, 2.75) is 12.3 Å². The van der Waals surface area contributed by atoms with E-state index in [0.29, 0.717) is 17.0 Å². The zero-order valence-electron chi connectivity index (χ0n) is 13.4. The predicted molar refractivity (Wildman–Crippen MR) is 95.5 cm³/mol. The number of carbonyl (C=O) groups is 1. The van der Waals surface area contributed by atoms with Gasteiger partial charge in [-0.15, -0.1) is 0 Å². The van der Waals surface area contributed by atoms with E-state index < -0.39 is 0 Å². The quantitative estimate of drug-likeness (QED) is 0.896. The molecule has 3 rings (SSSR count). The van der Waals surface area contributed by atoms with E-state index in [4.69, 9.17) is 11.6 Å². The van der Waals surface area contributed by atoms with Crippen LogP contribution in [0.5, 0.6) is 5.75 Å². The van der Waals surface area contributed by atoms with Gasteiger partial charge in [-0.3, -0.25) is 4.79 Å². The van der Waals surface area contributed by atoms with Crippen LogP contribution in [0.25, 0.3) is 0 Å². The third-order valence-electron chi connectivity index (χ3n) is 4.42. The number of nitrogens with one attached hydrogen (secondary N) is 1. The second-order valence-electron chi connectivity index (χ2n) is 6.00. The Balaban J connectivity index is 1.90. The number of phenols is 1. The van der Waals surface area contributed by atoms with Crippen molar-refractivity contribution >= 4 is 17.5 Å². The Bertz CT molecular complexity index is 700. The molecule has 24 heavy (non-hydrogen) atoms. The van der Waals surface area contributed by atoms with Crippen LogP contribution in [0.15, 0.2) is 48.5 Å². The molecular formula is C19H21ClN2O2. The van der Waals surface area contributed by atoms with Gasteiger partial charge in [0, 0.05) is 49.1 Å². The fourth-order valence-corrected chi connectivity index (χ4v) is 3.30. The number of hydrogen-bond acceptors (Lipinski definition) is 3. The lowest BCUT2D eigenvalue weighted by Crippen LogP contribution is -2.46. The number of phenolic OH excluding ortho intramolecular Hbond substituents is 1. The van der Waals surface area contributed by atoms with E-state index in [2.05, 4.69) is 5.32 Å². The minimum atomic E-state index is -0.215. The summed E-state index contributed by atoms with van der Waals surface area (Å²) in [5.74, 6) is 0.0541. The van der Waals surface area contributed by atoms with Crippen molar-refractivity contribution in [1.29, 1.82) is 0 Å². The first-order valence-corrected chi connectivity index (χ1v) is 8.55. The number of nitrogens with zero attached hydrogens (tertiary/aromatic N) is 1. The van der Waals surface area contributed by atoms with Crippen molar-refractivity contribution in [1.82, 2.24) is 10.2 Å². The number of hydrogen-bond donors (Lipinski definition) is 2. The minimum Gasteiger partial charge on any atom is -0.508 e. The Kier molecular flexibility index (Phi) is 5.38. The van der Waals surface area contributed by atoms with Crippen molar-refractivity contribution in [2.75, 3.05) is 26.2 Å². The zero-order chi connectivity index (χ0) is 16.9. The summed E-state index contributed by atoms with van der Waals surface area (Å²) in [6, 6.07) is 14.8. The minimum absolute atomic E-state index is 0.102. The molecule has 5 heteroatoms. The molecule has 0 aliphatic carbocycles. The number of aromatic hydroxyl groups is 1. The van der Waals surface area contributed by atoms with E-state index in [1.54, 1.807) is 18.2 Å². The summed E-state index contributed by atoms with van der Waals surface area (Å²) in [7, 11) is 0. The van der Waals surface area contributed by atoms with Gasteiger partial charge < -0.3 is 15.3 Å². The topological polar surface area (TPSA) is 52.6 Å². The fraction of sp³-hybridized carbons (Fsp3) is 0.316. The van der Waals surface area contributed by atoms with Crippen LogP contribution < -0.4 is 5.32 Å². The summed E-state index contributed by atoms with van der Waals surface area (Å²) in [4.78, 5) is 14.6.